The summed E-state index contributed by atoms with van der Waals surface area (Å²) in [4.78, 5) is 19.7. The molecule has 3 heterocycles. The molecule has 4 nitrogen and oxygen atoms in total. The third-order valence-electron chi connectivity index (χ3n) is 4.79. The quantitative estimate of drug-likeness (QED) is 0.810. The average Bonchev–Trinajstić information content (AvgIpc) is 2.78. The number of carbonyl (C=O) groups is 1. The Labute approximate surface area is 158 Å². The maximum atomic E-state index is 13.2. The van der Waals surface area contributed by atoms with Gasteiger partial charge in [0.2, 0.25) is 0 Å². The van der Waals surface area contributed by atoms with Crippen molar-refractivity contribution in [2.75, 3.05) is 13.1 Å². The second-order valence-electron chi connectivity index (χ2n) is 6.12. The molecule has 1 aromatic carbocycles. The smallest absolute Gasteiger partial charge is 0.256 e. The molecule has 2 fully saturated rings. The fourth-order valence-corrected chi connectivity index (χ4v) is 4.00. The molecule has 2 unspecified atom stereocenters. The van der Waals surface area contributed by atoms with E-state index in [1.54, 1.807) is 12.3 Å². The third kappa shape index (κ3) is 3.33. The van der Waals surface area contributed by atoms with E-state index in [2.05, 4.69) is 15.2 Å². The van der Waals surface area contributed by atoms with Crippen LogP contribution in [0.5, 0.6) is 0 Å². The van der Waals surface area contributed by atoms with Gasteiger partial charge in [0.1, 0.15) is 0 Å². The molecule has 1 N–H and O–H groups in total. The van der Waals surface area contributed by atoms with E-state index in [0.717, 1.165) is 43.3 Å². The van der Waals surface area contributed by atoms with Crippen molar-refractivity contribution in [3.63, 3.8) is 0 Å². The van der Waals surface area contributed by atoms with Gasteiger partial charge in [-0.1, -0.05) is 17.7 Å². The third-order valence-corrected chi connectivity index (χ3v) is 5.01. The first-order chi connectivity index (χ1) is 10.7. The molecular weight excluding hydrogens is 369 g/mol. The highest BCUT2D eigenvalue weighted by Gasteiger charge is 2.38. The first kappa shape index (κ1) is 19.3. The van der Waals surface area contributed by atoms with Crippen LogP contribution in [-0.4, -0.2) is 41.0 Å². The molecule has 2 aliphatic rings. The summed E-state index contributed by atoms with van der Waals surface area (Å²) in [6.45, 7) is 1.87. The molecule has 0 spiro atoms. The number of rotatable bonds is 1. The van der Waals surface area contributed by atoms with Gasteiger partial charge in [-0.2, -0.15) is 0 Å². The highest BCUT2D eigenvalue weighted by Crippen LogP contribution is 2.32. The second kappa shape index (κ2) is 7.87. The van der Waals surface area contributed by atoms with Crippen LogP contribution >= 0.6 is 36.4 Å². The number of nitrogens with one attached hydrogen (secondary N) is 1. The summed E-state index contributed by atoms with van der Waals surface area (Å²) in [5.41, 5.74) is 1.37. The van der Waals surface area contributed by atoms with Gasteiger partial charge in [-0.05, 0) is 44.0 Å². The van der Waals surface area contributed by atoms with Gasteiger partial charge in [-0.3, -0.25) is 9.78 Å². The van der Waals surface area contributed by atoms with E-state index >= 15 is 0 Å². The molecule has 2 aromatic rings. The summed E-state index contributed by atoms with van der Waals surface area (Å²) < 4.78 is 0. The fourth-order valence-electron chi connectivity index (χ4n) is 3.77. The molecular formula is C17H20Cl3N3O. The molecule has 2 atom stereocenters. The normalized spacial score (nSPS) is 22.5. The Morgan fingerprint density at radius 3 is 2.83 bits per heavy atom. The molecule has 0 saturated carbocycles. The maximum absolute atomic E-state index is 13.2. The zero-order valence-electron chi connectivity index (χ0n) is 13.1. The Kier molecular flexibility index (Phi) is 6.32. The maximum Gasteiger partial charge on any atom is 0.256 e. The van der Waals surface area contributed by atoms with Gasteiger partial charge in [0.25, 0.3) is 5.91 Å². The molecule has 2 aliphatic heterocycles. The Hall–Kier alpha value is -1.07. The molecule has 2 saturated heterocycles. The van der Waals surface area contributed by atoms with Gasteiger partial charge in [0.15, 0.2) is 0 Å². The SMILES string of the molecule is Cl.Cl.O=C(c1cc(Cl)cc2cccnc12)N1C2CCNCC1CC2. The van der Waals surface area contributed by atoms with Crippen molar-refractivity contribution in [1.29, 1.82) is 0 Å². The lowest BCUT2D eigenvalue weighted by atomic mass is 10.1. The van der Waals surface area contributed by atoms with Crippen molar-refractivity contribution in [2.45, 2.75) is 31.3 Å². The van der Waals surface area contributed by atoms with E-state index in [1.165, 1.54) is 0 Å². The minimum Gasteiger partial charge on any atom is -0.331 e. The second-order valence-corrected chi connectivity index (χ2v) is 6.56. The van der Waals surface area contributed by atoms with Crippen molar-refractivity contribution in [2.24, 2.45) is 0 Å². The molecule has 2 bridgehead atoms. The van der Waals surface area contributed by atoms with Gasteiger partial charge >= 0.3 is 0 Å². The van der Waals surface area contributed by atoms with Crippen molar-refractivity contribution in [3.05, 3.63) is 41.0 Å². The van der Waals surface area contributed by atoms with Gasteiger partial charge in [-0.25, -0.2) is 0 Å². The van der Waals surface area contributed by atoms with E-state index in [1.807, 2.05) is 18.2 Å². The van der Waals surface area contributed by atoms with Crippen LogP contribution in [0.4, 0.5) is 0 Å². The van der Waals surface area contributed by atoms with E-state index in [0.29, 0.717) is 16.6 Å². The number of amides is 1. The molecule has 1 aromatic heterocycles. The van der Waals surface area contributed by atoms with Crippen LogP contribution in [0.1, 0.15) is 29.6 Å². The standard InChI is InChI=1S/C17H18ClN3O.2ClH/c18-12-8-11-2-1-6-20-16(11)15(9-12)17(22)21-13-3-4-14(21)10-19-7-5-13;;/h1-2,6,8-9,13-14,19H,3-5,7,10H2;2*1H. The minimum atomic E-state index is 0. The lowest BCUT2D eigenvalue weighted by Gasteiger charge is -2.28. The first-order valence-electron chi connectivity index (χ1n) is 7.82. The van der Waals surface area contributed by atoms with Gasteiger partial charge in [0, 0.05) is 35.2 Å². The van der Waals surface area contributed by atoms with Crippen molar-refractivity contribution in [1.82, 2.24) is 15.2 Å². The van der Waals surface area contributed by atoms with Crippen LogP contribution in [0.25, 0.3) is 10.9 Å². The Balaban J connectivity index is 0.00000104. The number of carbonyl (C=O) groups excluding carboxylic acids is 1. The molecule has 4 rings (SSSR count). The predicted octanol–water partition coefficient (Wildman–Crippen LogP) is 3.70. The molecule has 0 aliphatic carbocycles. The number of hydrogen-bond donors (Lipinski definition) is 1. The number of nitrogens with zero attached hydrogens (tertiary/aromatic N) is 2. The fraction of sp³-hybridized carbons (Fsp3) is 0.412. The minimum absolute atomic E-state index is 0. The summed E-state index contributed by atoms with van der Waals surface area (Å²) in [7, 11) is 0. The van der Waals surface area contributed by atoms with E-state index in [4.69, 9.17) is 11.6 Å². The number of halogens is 3. The first-order valence-corrected chi connectivity index (χ1v) is 8.19. The van der Waals surface area contributed by atoms with Crippen molar-refractivity contribution < 1.29 is 4.79 Å². The highest BCUT2D eigenvalue weighted by atomic mass is 35.5. The van der Waals surface area contributed by atoms with Crippen molar-refractivity contribution >= 4 is 53.2 Å². The highest BCUT2D eigenvalue weighted by molar-refractivity contribution is 6.32. The molecule has 24 heavy (non-hydrogen) atoms. The monoisotopic (exact) mass is 387 g/mol. The van der Waals surface area contributed by atoms with Crippen molar-refractivity contribution in [3.8, 4) is 0 Å². The largest absolute Gasteiger partial charge is 0.331 e. The van der Waals surface area contributed by atoms with Crippen LogP contribution in [0.3, 0.4) is 0 Å². The van der Waals surface area contributed by atoms with Crippen LogP contribution in [0, 0.1) is 0 Å². The van der Waals surface area contributed by atoms with Gasteiger partial charge < -0.3 is 10.2 Å². The zero-order valence-corrected chi connectivity index (χ0v) is 15.5. The number of aromatic nitrogens is 1. The summed E-state index contributed by atoms with van der Waals surface area (Å²) >= 11 is 6.22. The number of hydrogen-bond acceptors (Lipinski definition) is 3. The lowest BCUT2D eigenvalue weighted by molar-refractivity contribution is 0.0682. The number of fused-ring (bicyclic) bond motifs is 3. The van der Waals surface area contributed by atoms with E-state index in [-0.39, 0.29) is 36.8 Å². The Morgan fingerprint density at radius 1 is 1.21 bits per heavy atom. The lowest BCUT2D eigenvalue weighted by Crippen LogP contribution is -2.42. The number of benzene rings is 1. The predicted molar refractivity (Wildman–Crippen MR) is 102 cm³/mol. The summed E-state index contributed by atoms with van der Waals surface area (Å²) in [6, 6.07) is 8.06. The van der Waals surface area contributed by atoms with Crippen LogP contribution in [0.2, 0.25) is 5.02 Å². The Bertz CT molecular complexity index is 726. The van der Waals surface area contributed by atoms with E-state index < -0.39 is 0 Å². The molecule has 1 amide bonds. The molecule has 7 heteroatoms. The summed E-state index contributed by atoms with van der Waals surface area (Å²) in [6.07, 6.45) is 4.93. The van der Waals surface area contributed by atoms with Crippen LogP contribution in [0.15, 0.2) is 30.5 Å². The van der Waals surface area contributed by atoms with E-state index in [9.17, 15) is 4.79 Å². The average molecular weight is 389 g/mol. The number of pyridine rings is 1. The van der Waals surface area contributed by atoms with Gasteiger partial charge in [0.05, 0.1) is 11.1 Å². The van der Waals surface area contributed by atoms with Gasteiger partial charge in [-0.15, -0.1) is 24.8 Å². The summed E-state index contributed by atoms with van der Waals surface area (Å²) in [5.74, 6) is 0.0717. The van der Waals surface area contributed by atoms with Crippen LogP contribution in [-0.2, 0) is 0 Å². The molecule has 0 radical (unpaired) electrons. The van der Waals surface area contributed by atoms with Crippen LogP contribution < -0.4 is 5.32 Å². The summed E-state index contributed by atoms with van der Waals surface area (Å²) in [5, 5.41) is 4.93. The molecule has 130 valence electrons. The zero-order chi connectivity index (χ0) is 15.1. The Morgan fingerprint density at radius 2 is 2.00 bits per heavy atom. The topological polar surface area (TPSA) is 45.2 Å².